The molecular weight excluding hydrogens is 190 g/mol. The zero-order chi connectivity index (χ0) is 8.43. The van der Waals surface area contributed by atoms with E-state index >= 15 is 0 Å². The molecule has 0 radical (unpaired) electrons. The molecule has 0 aromatic heterocycles. The van der Waals surface area contributed by atoms with E-state index in [2.05, 4.69) is 0 Å². The van der Waals surface area contributed by atoms with E-state index in [9.17, 15) is 8.78 Å². The van der Waals surface area contributed by atoms with Crippen LogP contribution in [0.1, 0.15) is 0 Å². The van der Waals surface area contributed by atoms with Crippen molar-refractivity contribution in [1.29, 1.82) is 0 Å². The molecular formula is C7H5ClF2S. The van der Waals surface area contributed by atoms with Crippen LogP contribution in [0.4, 0.5) is 8.78 Å². The molecule has 0 unspecified atom stereocenters. The Kier molecular flexibility index (Phi) is 2.73. The molecule has 1 aromatic rings. The maximum absolute atomic E-state index is 12.6. The van der Waals surface area contributed by atoms with Gasteiger partial charge in [-0.1, -0.05) is 11.6 Å². The quantitative estimate of drug-likeness (QED) is 0.488. The van der Waals surface area contributed by atoms with Gasteiger partial charge in [-0.2, -0.15) is 0 Å². The summed E-state index contributed by atoms with van der Waals surface area (Å²) in [4.78, 5) is 0.619. The summed E-state index contributed by atoms with van der Waals surface area (Å²) in [6, 6.07) is 2.51. The molecule has 0 amide bonds. The highest BCUT2D eigenvalue weighted by Gasteiger charge is 2.07. The number of hydrogen-bond acceptors (Lipinski definition) is 1. The Balaban J connectivity index is 3.21. The summed E-state index contributed by atoms with van der Waals surface area (Å²) in [5.74, 6) is -1.88. The number of benzene rings is 1. The van der Waals surface area contributed by atoms with Crippen molar-refractivity contribution in [3.8, 4) is 0 Å². The molecule has 0 nitrogen and oxygen atoms in total. The molecule has 0 saturated carbocycles. The normalized spacial score (nSPS) is 10.2. The van der Waals surface area contributed by atoms with Gasteiger partial charge in [-0.3, -0.25) is 0 Å². The maximum Gasteiger partial charge on any atom is 0.177 e. The first-order valence-electron chi connectivity index (χ1n) is 2.83. The number of rotatable bonds is 1. The van der Waals surface area contributed by atoms with Gasteiger partial charge in [-0.25, -0.2) is 8.78 Å². The second kappa shape index (κ2) is 3.41. The molecule has 0 N–H and O–H groups in total. The zero-order valence-electron chi connectivity index (χ0n) is 5.70. The van der Waals surface area contributed by atoms with Crippen LogP contribution >= 0.6 is 23.4 Å². The third-order valence-corrected chi connectivity index (χ3v) is 2.18. The second-order valence-electron chi connectivity index (χ2n) is 1.91. The average Bonchev–Trinajstić information content (AvgIpc) is 1.99. The Morgan fingerprint density at radius 1 is 1.36 bits per heavy atom. The lowest BCUT2D eigenvalue weighted by atomic mass is 10.3. The molecule has 0 aliphatic carbocycles. The van der Waals surface area contributed by atoms with E-state index in [1.807, 2.05) is 0 Å². The van der Waals surface area contributed by atoms with Crippen LogP contribution in [0.3, 0.4) is 0 Å². The molecule has 0 spiro atoms. The number of hydrogen-bond donors (Lipinski definition) is 0. The summed E-state index contributed by atoms with van der Waals surface area (Å²) in [7, 11) is 0. The standard InChI is InChI=1S/C7H5ClF2S/c1-11-4-2-5(8)7(10)6(9)3-4/h2-3H,1H3. The van der Waals surface area contributed by atoms with Crippen LogP contribution in [-0.2, 0) is 0 Å². The smallest absolute Gasteiger partial charge is 0.177 e. The van der Waals surface area contributed by atoms with Crippen LogP contribution in [0.25, 0.3) is 0 Å². The summed E-state index contributed by atoms with van der Waals surface area (Å²) in [6.07, 6.45) is 1.77. The molecule has 11 heavy (non-hydrogen) atoms. The fraction of sp³-hybridized carbons (Fsp3) is 0.143. The van der Waals surface area contributed by atoms with Gasteiger partial charge in [0.15, 0.2) is 11.6 Å². The Morgan fingerprint density at radius 2 is 2.00 bits per heavy atom. The third-order valence-electron chi connectivity index (χ3n) is 1.19. The predicted molar refractivity (Wildman–Crippen MR) is 43.1 cm³/mol. The minimum Gasteiger partial charge on any atom is -0.204 e. The molecule has 1 rings (SSSR count). The van der Waals surface area contributed by atoms with Gasteiger partial charge in [-0.05, 0) is 18.4 Å². The molecule has 0 aliphatic rings. The fourth-order valence-electron chi connectivity index (χ4n) is 0.650. The lowest BCUT2D eigenvalue weighted by Gasteiger charge is -1.99. The minimum atomic E-state index is -0.982. The Hall–Kier alpha value is -0.280. The SMILES string of the molecule is CSc1cc(F)c(F)c(Cl)c1. The Bertz CT molecular complexity index is 252. The van der Waals surface area contributed by atoms with Gasteiger partial charge in [-0.15, -0.1) is 11.8 Å². The largest absolute Gasteiger partial charge is 0.204 e. The zero-order valence-corrected chi connectivity index (χ0v) is 7.27. The van der Waals surface area contributed by atoms with Crippen LogP contribution < -0.4 is 0 Å². The molecule has 0 atom stereocenters. The van der Waals surface area contributed by atoms with Gasteiger partial charge in [0.25, 0.3) is 0 Å². The van der Waals surface area contributed by atoms with Crippen molar-refractivity contribution in [1.82, 2.24) is 0 Å². The van der Waals surface area contributed by atoms with Crippen molar-refractivity contribution < 1.29 is 8.78 Å². The van der Waals surface area contributed by atoms with E-state index < -0.39 is 11.6 Å². The highest BCUT2D eigenvalue weighted by molar-refractivity contribution is 7.98. The molecule has 0 saturated heterocycles. The third kappa shape index (κ3) is 1.84. The van der Waals surface area contributed by atoms with Gasteiger partial charge in [0.2, 0.25) is 0 Å². The topological polar surface area (TPSA) is 0 Å². The van der Waals surface area contributed by atoms with Crippen LogP contribution in [0.5, 0.6) is 0 Å². The molecule has 1 aromatic carbocycles. The van der Waals surface area contributed by atoms with E-state index in [-0.39, 0.29) is 5.02 Å². The highest BCUT2D eigenvalue weighted by atomic mass is 35.5. The summed E-state index contributed by atoms with van der Waals surface area (Å²) in [5.41, 5.74) is 0. The van der Waals surface area contributed by atoms with Crippen LogP contribution in [-0.4, -0.2) is 6.26 Å². The first kappa shape index (κ1) is 8.81. The van der Waals surface area contributed by atoms with Gasteiger partial charge < -0.3 is 0 Å². The summed E-state index contributed by atoms with van der Waals surface area (Å²) < 4.78 is 25.1. The fourth-order valence-corrected chi connectivity index (χ4v) is 1.38. The molecule has 0 aliphatic heterocycles. The van der Waals surface area contributed by atoms with Crippen molar-refractivity contribution in [2.45, 2.75) is 4.90 Å². The van der Waals surface area contributed by atoms with Gasteiger partial charge in [0.1, 0.15) is 0 Å². The first-order valence-corrected chi connectivity index (χ1v) is 4.44. The maximum atomic E-state index is 12.6. The number of thioether (sulfide) groups is 1. The molecule has 0 bridgehead atoms. The van der Waals surface area contributed by atoms with Crippen molar-refractivity contribution >= 4 is 23.4 Å². The minimum absolute atomic E-state index is 0.172. The van der Waals surface area contributed by atoms with Crippen molar-refractivity contribution in [3.63, 3.8) is 0 Å². The van der Waals surface area contributed by atoms with Crippen molar-refractivity contribution in [2.24, 2.45) is 0 Å². The van der Waals surface area contributed by atoms with E-state index in [1.165, 1.54) is 17.8 Å². The van der Waals surface area contributed by atoms with E-state index in [0.29, 0.717) is 4.90 Å². The van der Waals surface area contributed by atoms with Crippen molar-refractivity contribution in [2.75, 3.05) is 6.26 Å². The lowest BCUT2D eigenvalue weighted by molar-refractivity contribution is 0.506. The molecule has 60 valence electrons. The molecule has 4 heteroatoms. The Morgan fingerprint density at radius 3 is 2.45 bits per heavy atom. The summed E-state index contributed by atoms with van der Waals surface area (Å²) >= 11 is 6.68. The number of halogens is 3. The van der Waals surface area contributed by atoms with E-state index in [0.717, 1.165) is 6.07 Å². The van der Waals surface area contributed by atoms with Crippen LogP contribution in [0.15, 0.2) is 17.0 Å². The lowest BCUT2D eigenvalue weighted by Crippen LogP contribution is -1.85. The van der Waals surface area contributed by atoms with E-state index in [4.69, 9.17) is 11.6 Å². The van der Waals surface area contributed by atoms with E-state index in [1.54, 1.807) is 6.26 Å². The molecule has 0 fully saturated rings. The molecule has 0 heterocycles. The van der Waals surface area contributed by atoms with Gasteiger partial charge in [0, 0.05) is 4.90 Å². The van der Waals surface area contributed by atoms with Crippen LogP contribution in [0, 0.1) is 11.6 Å². The monoisotopic (exact) mass is 194 g/mol. The highest BCUT2D eigenvalue weighted by Crippen LogP contribution is 2.24. The summed E-state index contributed by atoms with van der Waals surface area (Å²) in [5, 5.41) is -0.172. The Labute approximate surface area is 72.6 Å². The average molecular weight is 195 g/mol. The van der Waals surface area contributed by atoms with Crippen molar-refractivity contribution in [3.05, 3.63) is 28.8 Å². The predicted octanol–water partition coefficient (Wildman–Crippen LogP) is 3.34. The summed E-state index contributed by atoms with van der Waals surface area (Å²) in [6.45, 7) is 0. The second-order valence-corrected chi connectivity index (χ2v) is 3.19. The van der Waals surface area contributed by atoms with Gasteiger partial charge >= 0.3 is 0 Å². The van der Waals surface area contributed by atoms with Crippen LogP contribution in [0.2, 0.25) is 5.02 Å². The first-order chi connectivity index (χ1) is 5.15. The van der Waals surface area contributed by atoms with Gasteiger partial charge in [0.05, 0.1) is 5.02 Å².